The van der Waals surface area contributed by atoms with Crippen LogP contribution in [-0.2, 0) is 12.8 Å². The van der Waals surface area contributed by atoms with Gasteiger partial charge in [-0.25, -0.2) is 4.98 Å². The van der Waals surface area contributed by atoms with Gasteiger partial charge in [0.25, 0.3) is 0 Å². The van der Waals surface area contributed by atoms with E-state index in [1.165, 1.54) is 53.6 Å². The standard InChI is InChI=1S/C17H22N2S/c1-14-17(19-12-5-6-13-19)20-16(18-14)11-7-10-15-8-3-2-4-9-15/h2-4,8-9H,5-7,10-13H2,1H3. The van der Waals surface area contributed by atoms with Crippen LogP contribution in [0.25, 0.3) is 0 Å². The van der Waals surface area contributed by atoms with E-state index in [9.17, 15) is 0 Å². The Kier molecular flexibility index (Phi) is 4.36. The molecule has 0 amide bonds. The highest BCUT2D eigenvalue weighted by molar-refractivity contribution is 7.15. The van der Waals surface area contributed by atoms with Crippen molar-refractivity contribution in [3.8, 4) is 0 Å². The van der Waals surface area contributed by atoms with E-state index in [1.54, 1.807) is 0 Å². The number of hydrogen-bond acceptors (Lipinski definition) is 3. The molecule has 2 heterocycles. The molecule has 2 aromatic rings. The third kappa shape index (κ3) is 3.21. The van der Waals surface area contributed by atoms with Crippen LogP contribution in [0.1, 0.15) is 35.5 Å². The van der Waals surface area contributed by atoms with Crippen molar-refractivity contribution in [2.45, 2.75) is 39.0 Å². The summed E-state index contributed by atoms with van der Waals surface area (Å²) in [5, 5.41) is 2.72. The molecule has 0 unspecified atom stereocenters. The van der Waals surface area contributed by atoms with Gasteiger partial charge >= 0.3 is 0 Å². The number of rotatable bonds is 5. The molecule has 0 N–H and O–H groups in total. The van der Waals surface area contributed by atoms with E-state index in [4.69, 9.17) is 4.98 Å². The second-order valence-electron chi connectivity index (χ2n) is 5.53. The number of aromatic nitrogens is 1. The molecule has 0 aliphatic carbocycles. The lowest BCUT2D eigenvalue weighted by Crippen LogP contribution is -2.16. The van der Waals surface area contributed by atoms with Gasteiger partial charge in [0.2, 0.25) is 0 Å². The lowest BCUT2D eigenvalue weighted by atomic mass is 10.1. The van der Waals surface area contributed by atoms with Crippen molar-refractivity contribution < 1.29 is 0 Å². The van der Waals surface area contributed by atoms with Crippen molar-refractivity contribution >= 4 is 16.3 Å². The Labute approximate surface area is 125 Å². The van der Waals surface area contributed by atoms with Crippen LogP contribution in [0.5, 0.6) is 0 Å². The van der Waals surface area contributed by atoms with Gasteiger partial charge in [-0.15, -0.1) is 11.3 Å². The van der Waals surface area contributed by atoms with E-state index in [1.807, 2.05) is 11.3 Å². The molecule has 0 spiro atoms. The zero-order valence-corrected chi connectivity index (χ0v) is 13.0. The first-order chi connectivity index (χ1) is 9.83. The molecule has 3 heteroatoms. The van der Waals surface area contributed by atoms with Gasteiger partial charge in [-0.1, -0.05) is 30.3 Å². The van der Waals surface area contributed by atoms with Gasteiger partial charge in [0.1, 0.15) is 5.00 Å². The molecule has 0 atom stereocenters. The second-order valence-corrected chi connectivity index (χ2v) is 6.59. The van der Waals surface area contributed by atoms with Crippen LogP contribution < -0.4 is 4.90 Å². The molecule has 1 saturated heterocycles. The molecule has 106 valence electrons. The Morgan fingerprint density at radius 2 is 1.85 bits per heavy atom. The lowest BCUT2D eigenvalue weighted by molar-refractivity contribution is 0.812. The van der Waals surface area contributed by atoms with E-state index in [-0.39, 0.29) is 0 Å². The zero-order valence-electron chi connectivity index (χ0n) is 12.1. The number of benzene rings is 1. The first kappa shape index (κ1) is 13.6. The molecular formula is C17H22N2S. The van der Waals surface area contributed by atoms with E-state index in [2.05, 4.69) is 42.2 Å². The maximum absolute atomic E-state index is 4.76. The van der Waals surface area contributed by atoms with Gasteiger partial charge in [0.15, 0.2) is 0 Å². The van der Waals surface area contributed by atoms with Crippen LogP contribution >= 0.6 is 11.3 Å². The van der Waals surface area contributed by atoms with E-state index in [0.717, 1.165) is 12.8 Å². The fourth-order valence-corrected chi connectivity index (χ4v) is 4.01. The largest absolute Gasteiger partial charge is 0.362 e. The molecule has 20 heavy (non-hydrogen) atoms. The predicted molar refractivity (Wildman–Crippen MR) is 86.8 cm³/mol. The second kappa shape index (κ2) is 6.40. The monoisotopic (exact) mass is 286 g/mol. The molecule has 0 radical (unpaired) electrons. The maximum atomic E-state index is 4.76. The van der Waals surface area contributed by atoms with Gasteiger partial charge in [-0.3, -0.25) is 0 Å². The van der Waals surface area contributed by atoms with Crippen molar-refractivity contribution in [3.63, 3.8) is 0 Å². The van der Waals surface area contributed by atoms with Crippen LogP contribution in [0.2, 0.25) is 0 Å². The summed E-state index contributed by atoms with van der Waals surface area (Å²) in [4.78, 5) is 7.27. The molecule has 3 rings (SSSR count). The maximum Gasteiger partial charge on any atom is 0.114 e. The highest BCUT2D eigenvalue weighted by Gasteiger charge is 2.17. The van der Waals surface area contributed by atoms with Gasteiger partial charge in [-0.2, -0.15) is 0 Å². The molecule has 0 saturated carbocycles. The van der Waals surface area contributed by atoms with Gasteiger partial charge in [0.05, 0.1) is 10.7 Å². The van der Waals surface area contributed by atoms with Crippen LogP contribution in [0.4, 0.5) is 5.00 Å². The predicted octanol–water partition coefficient (Wildman–Crippen LogP) is 4.23. The highest BCUT2D eigenvalue weighted by atomic mass is 32.1. The minimum Gasteiger partial charge on any atom is -0.362 e. The van der Waals surface area contributed by atoms with Crippen molar-refractivity contribution in [1.82, 2.24) is 4.98 Å². The topological polar surface area (TPSA) is 16.1 Å². The summed E-state index contributed by atoms with van der Waals surface area (Å²) in [7, 11) is 0. The van der Waals surface area contributed by atoms with Crippen molar-refractivity contribution in [2.75, 3.05) is 18.0 Å². The summed E-state index contributed by atoms with van der Waals surface area (Å²) in [5.41, 5.74) is 2.66. The summed E-state index contributed by atoms with van der Waals surface area (Å²) >= 11 is 1.91. The quantitative estimate of drug-likeness (QED) is 0.818. The summed E-state index contributed by atoms with van der Waals surface area (Å²) < 4.78 is 0. The summed E-state index contributed by atoms with van der Waals surface area (Å²) in [6.45, 7) is 4.59. The molecule has 1 aliphatic rings. The molecular weight excluding hydrogens is 264 g/mol. The minimum absolute atomic E-state index is 1.11. The van der Waals surface area contributed by atoms with Gasteiger partial charge < -0.3 is 4.90 Å². The zero-order chi connectivity index (χ0) is 13.8. The first-order valence-electron chi connectivity index (χ1n) is 7.58. The van der Waals surface area contributed by atoms with Crippen LogP contribution in [0, 0.1) is 6.92 Å². The number of hydrogen-bond donors (Lipinski definition) is 0. The molecule has 1 fully saturated rings. The van der Waals surface area contributed by atoms with Gasteiger partial charge in [-0.05, 0) is 44.6 Å². The number of anilines is 1. The fourth-order valence-electron chi connectivity index (χ4n) is 2.85. The van der Waals surface area contributed by atoms with E-state index >= 15 is 0 Å². The first-order valence-corrected chi connectivity index (χ1v) is 8.40. The summed E-state index contributed by atoms with van der Waals surface area (Å²) in [6, 6.07) is 10.7. The third-order valence-electron chi connectivity index (χ3n) is 3.91. The van der Waals surface area contributed by atoms with E-state index in [0.29, 0.717) is 0 Å². The molecule has 1 aliphatic heterocycles. The Morgan fingerprint density at radius 1 is 1.10 bits per heavy atom. The Hall–Kier alpha value is -1.35. The molecule has 2 nitrogen and oxygen atoms in total. The molecule has 1 aromatic heterocycles. The normalized spacial score (nSPS) is 14.9. The smallest absolute Gasteiger partial charge is 0.114 e. The Morgan fingerprint density at radius 3 is 2.60 bits per heavy atom. The summed E-state index contributed by atoms with van der Waals surface area (Å²) in [5.74, 6) is 0. The lowest BCUT2D eigenvalue weighted by Gasteiger charge is -2.14. The van der Waals surface area contributed by atoms with E-state index < -0.39 is 0 Å². The third-order valence-corrected chi connectivity index (χ3v) is 5.19. The van der Waals surface area contributed by atoms with Crippen LogP contribution in [0.15, 0.2) is 30.3 Å². The van der Waals surface area contributed by atoms with Crippen molar-refractivity contribution in [2.24, 2.45) is 0 Å². The SMILES string of the molecule is Cc1nc(CCCc2ccccc2)sc1N1CCCC1. The number of thiazole rings is 1. The van der Waals surface area contributed by atoms with Gasteiger partial charge in [0, 0.05) is 13.1 Å². The minimum atomic E-state index is 1.11. The number of nitrogens with zero attached hydrogens (tertiary/aromatic N) is 2. The van der Waals surface area contributed by atoms with Crippen molar-refractivity contribution in [1.29, 1.82) is 0 Å². The van der Waals surface area contributed by atoms with Crippen LogP contribution in [0.3, 0.4) is 0 Å². The average Bonchev–Trinajstić information content (AvgIpc) is 3.09. The number of aryl methyl sites for hydroxylation is 3. The molecule has 0 bridgehead atoms. The summed E-state index contributed by atoms with van der Waals surface area (Å²) in [6.07, 6.45) is 6.12. The average molecular weight is 286 g/mol. The van der Waals surface area contributed by atoms with Crippen molar-refractivity contribution in [3.05, 3.63) is 46.6 Å². The Bertz CT molecular complexity index is 541. The fraction of sp³-hybridized carbons (Fsp3) is 0.471. The van der Waals surface area contributed by atoms with Crippen LogP contribution in [-0.4, -0.2) is 18.1 Å². The Balaban J connectivity index is 1.56. The molecule has 1 aromatic carbocycles. The highest BCUT2D eigenvalue weighted by Crippen LogP contribution is 2.31.